The van der Waals surface area contributed by atoms with Crippen LogP contribution in [0.25, 0.3) is 0 Å². The van der Waals surface area contributed by atoms with E-state index in [0.29, 0.717) is 7.18 Å². The molecular weight excluding hydrogens is 420 g/mol. The molecule has 0 fully saturated rings. The second-order valence-electron chi connectivity index (χ2n) is 2.30. The molecule has 0 N–H and O–H groups in total. The number of hydrogen-bond acceptors (Lipinski definition) is 2. The SMILES string of the molecule is CF.C[CH-]CC(F)(F)O[CH-]C(F)(F)OCF.[Y].[Y]. The Labute approximate surface area is 152 Å². The number of alkyl halides is 6. The van der Waals surface area contributed by atoms with Gasteiger partial charge in [0.2, 0.25) is 0 Å². The average molecular weight is 432 g/mol. The normalized spacial score (nSPS) is 10.7. The maximum absolute atomic E-state index is 12.4. The molecule has 0 bridgehead atoms. The van der Waals surface area contributed by atoms with Crippen molar-refractivity contribution in [3.63, 3.8) is 0 Å². The number of hydrogen-bond donors (Lipinski definition) is 0. The summed E-state index contributed by atoms with van der Waals surface area (Å²) in [6, 6.07) is 0. The largest absolute Gasteiger partial charge is 0.492 e. The van der Waals surface area contributed by atoms with Crippen LogP contribution in [-0.2, 0) is 74.9 Å². The molecule has 0 rings (SSSR count). The van der Waals surface area contributed by atoms with Crippen LogP contribution >= 0.6 is 0 Å². The van der Waals surface area contributed by atoms with E-state index in [0.717, 1.165) is 6.42 Å². The zero-order valence-electron chi connectivity index (χ0n) is 9.81. The minimum absolute atomic E-state index is 0. The summed E-state index contributed by atoms with van der Waals surface area (Å²) in [4.78, 5) is 0. The molecule has 18 heavy (non-hydrogen) atoms. The van der Waals surface area contributed by atoms with Gasteiger partial charge in [-0.05, 0) is 0 Å². The predicted molar refractivity (Wildman–Crippen MR) is 44.0 cm³/mol. The molecule has 0 spiro atoms. The van der Waals surface area contributed by atoms with E-state index in [9.17, 15) is 26.3 Å². The zero-order valence-corrected chi connectivity index (χ0v) is 15.5. The summed E-state index contributed by atoms with van der Waals surface area (Å²) in [6.45, 7) is -1.01. The van der Waals surface area contributed by atoms with Crippen LogP contribution in [0, 0.1) is 13.0 Å². The fraction of sp³-hybridized carbons (Fsp3) is 0.750. The topological polar surface area (TPSA) is 18.5 Å². The van der Waals surface area contributed by atoms with Crippen LogP contribution in [0.15, 0.2) is 0 Å². The third kappa shape index (κ3) is 17.7. The standard InChI is InChI=1S/C7H9F5O2.CH3F.2Y/c1-2-3-6(9,10)13-4-7(11,12)14-5-8;1-2;;/h2,4H,3,5H2,1H3;1H3;;/q-2;;;. The first-order valence-electron chi connectivity index (χ1n) is 3.96. The van der Waals surface area contributed by atoms with E-state index in [1.807, 2.05) is 0 Å². The Kier molecular flexibility index (Phi) is 23.5. The smallest absolute Gasteiger partial charge is 0.301 e. The van der Waals surface area contributed by atoms with Gasteiger partial charge in [0.15, 0.2) is 6.86 Å². The van der Waals surface area contributed by atoms with Gasteiger partial charge >= 0.3 is 6.11 Å². The molecule has 0 unspecified atom stereocenters. The van der Waals surface area contributed by atoms with Gasteiger partial charge in [0, 0.05) is 65.4 Å². The van der Waals surface area contributed by atoms with Gasteiger partial charge in [-0.1, -0.05) is 6.42 Å². The Balaban J connectivity index is -0.000000232. The van der Waals surface area contributed by atoms with Crippen molar-refractivity contribution >= 4 is 0 Å². The third-order valence-corrected chi connectivity index (χ3v) is 1.06. The van der Waals surface area contributed by atoms with Gasteiger partial charge < -0.3 is 15.9 Å². The summed E-state index contributed by atoms with van der Waals surface area (Å²) in [6.07, 6.45) is -7.68. The molecule has 0 aromatic carbocycles. The molecular formula is C8H12F6O2Y2-2. The predicted octanol–water partition coefficient (Wildman–Crippen LogP) is 3.49. The van der Waals surface area contributed by atoms with Crippen molar-refractivity contribution in [1.82, 2.24) is 0 Å². The van der Waals surface area contributed by atoms with Gasteiger partial charge in [0.25, 0.3) is 6.11 Å². The molecule has 10 heteroatoms. The molecule has 0 aliphatic carbocycles. The summed E-state index contributed by atoms with van der Waals surface area (Å²) in [7, 11) is 0.500. The Morgan fingerprint density at radius 3 is 1.83 bits per heavy atom. The van der Waals surface area contributed by atoms with Gasteiger partial charge in [-0.3, -0.25) is 4.39 Å². The fourth-order valence-electron chi connectivity index (χ4n) is 0.547. The van der Waals surface area contributed by atoms with Crippen LogP contribution in [-0.4, -0.2) is 26.3 Å². The summed E-state index contributed by atoms with van der Waals surface area (Å²) in [5.74, 6) is 0. The zero-order chi connectivity index (χ0) is 13.2. The van der Waals surface area contributed by atoms with Crippen LogP contribution in [0.5, 0.6) is 0 Å². The minimum atomic E-state index is -4.16. The Morgan fingerprint density at radius 1 is 1.06 bits per heavy atom. The van der Waals surface area contributed by atoms with Gasteiger partial charge in [-0.25, -0.2) is 13.2 Å². The molecule has 0 saturated heterocycles. The molecule has 0 aliphatic rings. The summed E-state index contributed by atoms with van der Waals surface area (Å²) in [5, 5.41) is 0. The maximum atomic E-state index is 12.4. The quantitative estimate of drug-likeness (QED) is 0.454. The molecule has 0 aliphatic heterocycles. The number of ether oxygens (including phenoxy) is 2. The van der Waals surface area contributed by atoms with Gasteiger partial charge in [-0.15, -0.1) is 6.61 Å². The van der Waals surface area contributed by atoms with E-state index in [1.165, 1.54) is 6.92 Å². The van der Waals surface area contributed by atoms with Crippen molar-refractivity contribution in [3.8, 4) is 0 Å². The molecule has 0 aromatic heterocycles. The van der Waals surface area contributed by atoms with Gasteiger partial charge in [0.1, 0.15) is 0 Å². The Morgan fingerprint density at radius 2 is 1.50 bits per heavy atom. The molecule has 106 valence electrons. The van der Waals surface area contributed by atoms with Crippen LogP contribution in [0.1, 0.15) is 13.3 Å². The van der Waals surface area contributed by atoms with Crippen LogP contribution in [0.3, 0.4) is 0 Å². The molecule has 0 heterocycles. The van der Waals surface area contributed by atoms with Gasteiger partial charge in [-0.2, -0.15) is 15.7 Å². The summed E-state index contributed by atoms with van der Waals surface area (Å²) >= 11 is 0. The molecule has 0 saturated carbocycles. The first kappa shape index (κ1) is 28.0. The summed E-state index contributed by atoms with van der Waals surface area (Å²) < 4.78 is 76.7. The van der Waals surface area contributed by atoms with Crippen molar-refractivity contribution in [2.45, 2.75) is 25.6 Å². The summed E-state index contributed by atoms with van der Waals surface area (Å²) in [5.41, 5.74) is 0. The molecule has 2 radical (unpaired) electrons. The number of rotatable bonds is 7. The molecule has 0 atom stereocenters. The van der Waals surface area contributed by atoms with Crippen molar-refractivity contribution in [3.05, 3.63) is 13.0 Å². The van der Waals surface area contributed by atoms with E-state index in [4.69, 9.17) is 0 Å². The fourth-order valence-corrected chi connectivity index (χ4v) is 0.547. The van der Waals surface area contributed by atoms with Crippen LogP contribution in [0.4, 0.5) is 26.3 Å². The van der Waals surface area contributed by atoms with E-state index in [2.05, 4.69) is 9.47 Å². The molecule has 2 nitrogen and oxygen atoms in total. The van der Waals surface area contributed by atoms with E-state index in [1.54, 1.807) is 0 Å². The van der Waals surface area contributed by atoms with Crippen molar-refractivity contribution in [2.75, 3.05) is 14.0 Å². The first-order chi connectivity index (χ1) is 7.33. The van der Waals surface area contributed by atoms with Crippen LogP contribution in [0.2, 0.25) is 0 Å². The Bertz CT molecular complexity index is 156. The van der Waals surface area contributed by atoms with E-state index < -0.39 is 32.1 Å². The molecule has 0 amide bonds. The van der Waals surface area contributed by atoms with Crippen molar-refractivity contribution in [2.24, 2.45) is 0 Å². The Hall–Kier alpha value is 1.71. The van der Waals surface area contributed by atoms with Crippen molar-refractivity contribution in [1.29, 1.82) is 0 Å². The minimum Gasteiger partial charge on any atom is -0.492 e. The monoisotopic (exact) mass is 432 g/mol. The maximum Gasteiger partial charge on any atom is 0.301 e. The first-order valence-corrected chi connectivity index (χ1v) is 3.96. The second kappa shape index (κ2) is 15.1. The van der Waals surface area contributed by atoms with E-state index >= 15 is 0 Å². The van der Waals surface area contributed by atoms with Crippen LogP contribution < -0.4 is 0 Å². The van der Waals surface area contributed by atoms with Gasteiger partial charge in [0.05, 0.1) is 7.18 Å². The average Bonchev–Trinajstić information content (AvgIpc) is 2.18. The molecule has 0 aromatic rings. The second-order valence-corrected chi connectivity index (χ2v) is 2.30. The number of halogens is 6. The van der Waals surface area contributed by atoms with E-state index in [-0.39, 0.29) is 65.4 Å². The third-order valence-electron chi connectivity index (χ3n) is 1.06. The van der Waals surface area contributed by atoms with Crippen molar-refractivity contribution < 1.29 is 101 Å².